The van der Waals surface area contributed by atoms with E-state index < -0.39 is 4.92 Å². The predicted octanol–water partition coefficient (Wildman–Crippen LogP) is 4.24. The van der Waals surface area contributed by atoms with E-state index in [9.17, 15) is 10.1 Å². The van der Waals surface area contributed by atoms with Crippen molar-refractivity contribution in [2.24, 2.45) is 0 Å². The number of benzene rings is 2. The number of halogens is 1. The van der Waals surface area contributed by atoms with Crippen molar-refractivity contribution < 1.29 is 9.66 Å². The lowest BCUT2D eigenvalue weighted by Gasteiger charge is -2.09. The van der Waals surface area contributed by atoms with Gasteiger partial charge in [-0.05, 0) is 36.8 Å². The van der Waals surface area contributed by atoms with Gasteiger partial charge in [-0.25, -0.2) is 0 Å². The van der Waals surface area contributed by atoms with Crippen LogP contribution in [-0.2, 0) is 6.61 Å². The summed E-state index contributed by atoms with van der Waals surface area (Å²) in [6.07, 6.45) is 0. The van der Waals surface area contributed by atoms with Crippen LogP contribution in [0, 0.1) is 17.0 Å². The predicted molar refractivity (Wildman–Crippen MR) is 76.3 cm³/mol. The summed E-state index contributed by atoms with van der Waals surface area (Å²) in [4.78, 5) is 10.5. The zero-order chi connectivity index (χ0) is 13.8. The van der Waals surface area contributed by atoms with Gasteiger partial charge in [-0.3, -0.25) is 10.1 Å². The molecule has 0 heterocycles. The van der Waals surface area contributed by atoms with Crippen molar-refractivity contribution in [3.05, 3.63) is 68.2 Å². The lowest BCUT2D eigenvalue weighted by atomic mass is 10.2. The number of para-hydroxylation sites is 1. The van der Waals surface area contributed by atoms with E-state index in [2.05, 4.69) is 15.9 Å². The molecule has 0 spiro atoms. The quantitative estimate of drug-likeness (QED) is 0.625. The summed E-state index contributed by atoms with van der Waals surface area (Å²) in [5.74, 6) is 0.723. The van der Waals surface area contributed by atoms with Gasteiger partial charge in [-0.2, -0.15) is 0 Å². The summed E-state index contributed by atoms with van der Waals surface area (Å²) >= 11 is 3.38. The Hall–Kier alpha value is -1.88. The number of hydrogen-bond donors (Lipinski definition) is 0. The van der Waals surface area contributed by atoms with Gasteiger partial charge in [-0.15, -0.1) is 0 Å². The SMILES string of the molecule is Cc1cc(Br)ccc1OCc1ccccc1[N+](=O)[O-]. The molecule has 0 saturated heterocycles. The number of nitro groups is 1. The Morgan fingerprint density at radius 3 is 2.68 bits per heavy atom. The van der Waals surface area contributed by atoms with E-state index >= 15 is 0 Å². The van der Waals surface area contributed by atoms with Crippen molar-refractivity contribution in [1.82, 2.24) is 0 Å². The molecule has 0 aliphatic heterocycles. The summed E-state index contributed by atoms with van der Waals surface area (Å²) in [5, 5.41) is 10.9. The minimum atomic E-state index is -0.396. The van der Waals surface area contributed by atoms with E-state index in [1.807, 2.05) is 25.1 Å². The molecule has 5 heteroatoms. The zero-order valence-electron chi connectivity index (χ0n) is 10.3. The molecule has 0 unspecified atom stereocenters. The fourth-order valence-corrected chi connectivity index (χ4v) is 2.22. The van der Waals surface area contributed by atoms with Crippen LogP contribution in [0.4, 0.5) is 5.69 Å². The van der Waals surface area contributed by atoms with Crippen molar-refractivity contribution in [2.75, 3.05) is 0 Å². The molecule has 0 aliphatic rings. The Balaban J connectivity index is 2.17. The van der Waals surface area contributed by atoms with Gasteiger partial charge in [0.25, 0.3) is 5.69 Å². The second-order valence-corrected chi connectivity index (χ2v) is 5.00. The molecule has 2 rings (SSSR count). The number of hydrogen-bond acceptors (Lipinski definition) is 3. The van der Waals surface area contributed by atoms with Gasteiger partial charge in [0, 0.05) is 10.5 Å². The Kier molecular flexibility index (Phi) is 4.16. The van der Waals surface area contributed by atoms with E-state index in [1.54, 1.807) is 18.2 Å². The smallest absolute Gasteiger partial charge is 0.276 e. The van der Waals surface area contributed by atoms with Crippen LogP contribution in [0.2, 0.25) is 0 Å². The fraction of sp³-hybridized carbons (Fsp3) is 0.143. The van der Waals surface area contributed by atoms with Crippen molar-refractivity contribution in [1.29, 1.82) is 0 Å². The standard InChI is InChI=1S/C14H12BrNO3/c1-10-8-12(15)6-7-14(10)19-9-11-4-2-3-5-13(11)16(17)18/h2-8H,9H2,1H3. The van der Waals surface area contributed by atoms with Crippen LogP contribution in [0.3, 0.4) is 0 Å². The average Bonchev–Trinajstić information content (AvgIpc) is 2.38. The van der Waals surface area contributed by atoms with E-state index in [0.717, 1.165) is 15.8 Å². The molecule has 2 aromatic carbocycles. The third kappa shape index (κ3) is 3.32. The highest BCUT2D eigenvalue weighted by molar-refractivity contribution is 9.10. The second kappa shape index (κ2) is 5.84. The molecule has 19 heavy (non-hydrogen) atoms. The van der Waals surface area contributed by atoms with Crippen LogP contribution in [0.15, 0.2) is 46.9 Å². The van der Waals surface area contributed by atoms with E-state index in [4.69, 9.17) is 4.74 Å². The summed E-state index contributed by atoms with van der Waals surface area (Å²) in [6, 6.07) is 12.2. The second-order valence-electron chi connectivity index (χ2n) is 4.08. The molecule has 2 aromatic rings. The molecule has 0 radical (unpaired) electrons. The minimum Gasteiger partial charge on any atom is -0.488 e. The van der Waals surface area contributed by atoms with Gasteiger partial charge in [-0.1, -0.05) is 28.1 Å². The van der Waals surface area contributed by atoms with Gasteiger partial charge in [0.2, 0.25) is 0 Å². The first-order chi connectivity index (χ1) is 9.08. The number of ether oxygens (including phenoxy) is 1. The molecule has 0 fully saturated rings. The first-order valence-corrected chi connectivity index (χ1v) is 6.48. The molecule has 0 amide bonds. The summed E-state index contributed by atoms with van der Waals surface area (Å²) in [7, 11) is 0. The normalized spacial score (nSPS) is 10.2. The summed E-state index contributed by atoms with van der Waals surface area (Å²) < 4.78 is 6.62. The lowest BCUT2D eigenvalue weighted by molar-refractivity contribution is -0.385. The molecule has 0 bridgehead atoms. The molecule has 0 aliphatic carbocycles. The molecule has 0 N–H and O–H groups in total. The van der Waals surface area contributed by atoms with Crippen LogP contribution in [0.1, 0.15) is 11.1 Å². The van der Waals surface area contributed by atoms with Gasteiger partial charge in [0.05, 0.1) is 10.5 Å². The third-order valence-electron chi connectivity index (χ3n) is 2.71. The molecular formula is C14H12BrNO3. The van der Waals surface area contributed by atoms with E-state index in [0.29, 0.717) is 5.56 Å². The Morgan fingerprint density at radius 1 is 1.26 bits per heavy atom. The molecule has 98 valence electrons. The van der Waals surface area contributed by atoms with Crippen molar-refractivity contribution in [2.45, 2.75) is 13.5 Å². The topological polar surface area (TPSA) is 52.4 Å². The maximum absolute atomic E-state index is 10.9. The minimum absolute atomic E-state index is 0.0808. The zero-order valence-corrected chi connectivity index (χ0v) is 11.9. The molecular weight excluding hydrogens is 310 g/mol. The highest BCUT2D eigenvalue weighted by Crippen LogP contribution is 2.25. The van der Waals surface area contributed by atoms with Gasteiger partial charge in [0.1, 0.15) is 12.4 Å². The van der Waals surface area contributed by atoms with Crippen molar-refractivity contribution >= 4 is 21.6 Å². The number of rotatable bonds is 4. The first kappa shape index (κ1) is 13.5. The Labute approximate surface area is 119 Å². The van der Waals surface area contributed by atoms with Crippen LogP contribution in [-0.4, -0.2) is 4.92 Å². The highest BCUT2D eigenvalue weighted by Gasteiger charge is 2.13. The van der Waals surface area contributed by atoms with Gasteiger partial charge >= 0.3 is 0 Å². The van der Waals surface area contributed by atoms with Crippen molar-refractivity contribution in [3.8, 4) is 5.75 Å². The number of aryl methyl sites for hydroxylation is 1. The molecule has 0 aromatic heterocycles. The van der Waals surface area contributed by atoms with Gasteiger partial charge < -0.3 is 4.74 Å². The Morgan fingerprint density at radius 2 is 2.00 bits per heavy atom. The number of nitro benzene ring substituents is 1. The summed E-state index contributed by atoms with van der Waals surface area (Å²) in [6.45, 7) is 2.11. The Bertz CT molecular complexity index is 613. The first-order valence-electron chi connectivity index (χ1n) is 5.69. The fourth-order valence-electron chi connectivity index (χ4n) is 1.74. The summed E-state index contributed by atoms with van der Waals surface area (Å²) in [5.41, 5.74) is 1.63. The van der Waals surface area contributed by atoms with Crippen LogP contribution in [0.5, 0.6) is 5.75 Å². The highest BCUT2D eigenvalue weighted by atomic mass is 79.9. The number of nitrogens with zero attached hydrogens (tertiary/aromatic N) is 1. The van der Waals surface area contributed by atoms with Gasteiger partial charge in [0.15, 0.2) is 0 Å². The van der Waals surface area contributed by atoms with E-state index in [-0.39, 0.29) is 12.3 Å². The monoisotopic (exact) mass is 321 g/mol. The maximum atomic E-state index is 10.9. The molecule has 0 saturated carbocycles. The third-order valence-corrected chi connectivity index (χ3v) is 3.20. The van der Waals surface area contributed by atoms with Crippen molar-refractivity contribution in [3.63, 3.8) is 0 Å². The lowest BCUT2D eigenvalue weighted by Crippen LogP contribution is -2.01. The van der Waals surface area contributed by atoms with Crippen LogP contribution in [0.25, 0.3) is 0 Å². The largest absolute Gasteiger partial charge is 0.488 e. The van der Waals surface area contributed by atoms with Crippen LogP contribution >= 0.6 is 15.9 Å². The molecule has 0 atom stereocenters. The maximum Gasteiger partial charge on any atom is 0.276 e. The average molecular weight is 322 g/mol. The van der Waals surface area contributed by atoms with E-state index in [1.165, 1.54) is 6.07 Å². The molecule has 4 nitrogen and oxygen atoms in total. The van der Waals surface area contributed by atoms with Crippen LogP contribution < -0.4 is 4.74 Å².